The summed E-state index contributed by atoms with van der Waals surface area (Å²) in [5.74, 6) is 2.06. The van der Waals surface area contributed by atoms with E-state index in [1.54, 1.807) is 0 Å². The molecule has 0 aromatic heterocycles. The first-order valence-electron chi connectivity index (χ1n) is 8.70. The molecule has 1 aromatic carbocycles. The van der Waals surface area contributed by atoms with Gasteiger partial charge in [-0.3, -0.25) is 0 Å². The van der Waals surface area contributed by atoms with E-state index in [0.29, 0.717) is 6.04 Å². The summed E-state index contributed by atoms with van der Waals surface area (Å²) >= 11 is 0. The molecule has 0 radical (unpaired) electrons. The van der Waals surface area contributed by atoms with Crippen molar-refractivity contribution in [1.82, 2.24) is 0 Å². The van der Waals surface area contributed by atoms with Gasteiger partial charge in [0.1, 0.15) is 0 Å². The van der Waals surface area contributed by atoms with Crippen LogP contribution in [0.1, 0.15) is 63.9 Å². The Morgan fingerprint density at radius 2 is 1.70 bits per heavy atom. The number of aryl methyl sites for hydroxylation is 1. The molecule has 0 bridgehead atoms. The van der Waals surface area contributed by atoms with Gasteiger partial charge in [0.05, 0.1) is 0 Å². The molecule has 110 valence electrons. The van der Waals surface area contributed by atoms with Gasteiger partial charge in [0.25, 0.3) is 0 Å². The average Bonchev–Trinajstić information content (AvgIpc) is 2.49. The predicted molar refractivity (Wildman–Crippen MR) is 87.1 cm³/mol. The lowest BCUT2D eigenvalue weighted by atomic mass is 9.69. The molecule has 3 rings (SSSR count). The van der Waals surface area contributed by atoms with Crippen molar-refractivity contribution in [3.8, 4) is 0 Å². The number of anilines is 1. The standard InChI is InChI=1S/C19H29N/c1-2-5-15-8-11-18(12-9-15)20-19-13-10-16-6-3-4-7-17(16)14-19/h8-9,11-12,16-17,19-20H,2-7,10,13-14H2,1H3. The smallest absolute Gasteiger partial charge is 0.0342 e. The zero-order valence-electron chi connectivity index (χ0n) is 12.9. The molecule has 3 atom stereocenters. The Kier molecular flexibility index (Phi) is 4.65. The van der Waals surface area contributed by atoms with Gasteiger partial charge >= 0.3 is 0 Å². The SMILES string of the molecule is CCCc1ccc(NC2CCC3CCCCC3C2)cc1. The average molecular weight is 271 g/mol. The van der Waals surface area contributed by atoms with Crippen molar-refractivity contribution in [2.24, 2.45) is 11.8 Å². The van der Waals surface area contributed by atoms with Crippen molar-refractivity contribution < 1.29 is 0 Å². The third kappa shape index (κ3) is 3.37. The number of fused-ring (bicyclic) bond motifs is 1. The van der Waals surface area contributed by atoms with Gasteiger partial charge in [-0.25, -0.2) is 0 Å². The van der Waals surface area contributed by atoms with E-state index in [1.807, 2.05) is 0 Å². The Bertz CT molecular complexity index is 408. The molecule has 1 N–H and O–H groups in total. The Labute approximate surface area is 124 Å². The molecule has 0 aliphatic heterocycles. The van der Waals surface area contributed by atoms with Crippen molar-refractivity contribution >= 4 is 5.69 Å². The highest BCUT2D eigenvalue weighted by Crippen LogP contribution is 2.41. The Morgan fingerprint density at radius 1 is 0.950 bits per heavy atom. The van der Waals surface area contributed by atoms with Gasteiger partial charge in [0, 0.05) is 11.7 Å². The van der Waals surface area contributed by atoms with Gasteiger partial charge in [-0.2, -0.15) is 0 Å². The zero-order valence-corrected chi connectivity index (χ0v) is 12.9. The largest absolute Gasteiger partial charge is 0.382 e. The minimum atomic E-state index is 0.714. The first-order valence-corrected chi connectivity index (χ1v) is 8.70. The topological polar surface area (TPSA) is 12.0 Å². The van der Waals surface area contributed by atoms with Crippen molar-refractivity contribution in [3.63, 3.8) is 0 Å². The van der Waals surface area contributed by atoms with Gasteiger partial charge in [-0.05, 0) is 55.2 Å². The van der Waals surface area contributed by atoms with Gasteiger partial charge in [-0.15, -0.1) is 0 Å². The third-order valence-electron chi connectivity index (χ3n) is 5.40. The van der Waals surface area contributed by atoms with Gasteiger partial charge in [0.15, 0.2) is 0 Å². The summed E-state index contributed by atoms with van der Waals surface area (Å²) in [6, 6.07) is 9.85. The summed E-state index contributed by atoms with van der Waals surface area (Å²) in [4.78, 5) is 0. The molecular weight excluding hydrogens is 242 g/mol. The molecular formula is C19H29N. The van der Waals surface area contributed by atoms with Crippen LogP contribution in [0, 0.1) is 11.8 Å². The lowest BCUT2D eigenvalue weighted by molar-refractivity contribution is 0.162. The summed E-state index contributed by atoms with van der Waals surface area (Å²) < 4.78 is 0. The first kappa shape index (κ1) is 14.0. The number of rotatable bonds is 4. The highest BCUT2D eigenvalue weighted by Gasteiger charge is 2.31. The van der Waals surface area contributed by atoms with Crippen LogP contribution < -0.4 is 5.32 Å². The monoisotopic (exact) mass is 271 g/mol. The highest BCUT2D eigenvalue weighted by molar-refractivity contribution is 5.45. The van der Waals surface area contributed by atoms with E-state index in [1.165, 1.54) is 69.0 Å². The number of hydrogen-bond donors (Lipinski definition) is 1. The second kappa shape index (κ2) is 6.65. The second-order valence-corrected chi connectivity index (χ2v) is 6.91. The van der Waals surface area contributed by atoms with E-state index >= 15 is 0 Å². The van der Waals surface area contributed by atoms with E-state index in [4.69, 9.17) is 0 Å². The summed E-state index contributed by atoms with van der Waals surface area (Å²) in [7, 11) is 0. The molecule has 3 unspecified atom stereocenters. The zero-order chi connectivity index (χ0) is 13.8. The number of benzene rings is 1. The van der Waals surface area contributed by atoms with Gasteiger partial charge in [0.2, 0.25) is 0 Å². The van der Waals surface area contributed by atoms with E-state index in [9.17, 15) is 0 Å². The minimum Gasteiger partial charge on any atom is -0.382 e. The van der Waals surface area contributed by atoms with Crippen molar-refractivity contribution in [2.45, 2.75) is 70.8 Å². The molecule has 20 heavy (non-hydrogen) atoms. The fourth-order valence-electron chi connectivity index (χ4n) is 4.30. The molecule has 2 aliphatic rings. The lowest BCUT2D eigenvalue weighted by Crippen LogP contribution is -2.34. The molecule has 1 aromatic rings. The van der Waals surface area contributed by atoms with Crippen LogP contribution in [0.15, 0.2) is 24.3 Å². The fourth-order valence-corrected chi connectivity index (χ4v) is 4.30. The van der Waals surface area contributed by atoms with Crippen LogP contribution in [0.25, 0.3) is 0 Å². The highest BCUT2D eigenvalue weighted by atomic mass is 14.9. The third-order valence-corrected chi connectivity index (χ3v) is 5.40. The fraction of sp³-hybridized carbons (Fsp3) is 0.684. The van der Waals surface area contributed by atoms with Crippen molar-refractivity contribution in [2.75, 3.05) is 5.32 Å². The number of nitrogens with one attached hydrogen (secondary N) is 1. The van der Waals surface area contributed by atoms with E-state index in [0.717, 1.165) is 11.8 Å². The van der Waals surface area contributed by atoms with Crippen molar-refractivity contribution in [1.29, 1.82) is 0 Å². The molecule has 0 amide bonds. The first-order chi connectivity index (χ1) is 9.85. The molecule has 1 heteroatoms. The molecule has 0 heterocycles. The van der Waals surface area contributed by atoms with Gasteiger partial charge in [-0.1, -0.05) is 51.2 Å². The maximum Gasteiger partial charge on any atom is 0.0342 e. The summed E-state index contributed by atoms with van der Waals surface area (Å²) in [6.45, 7) is 2.24. The summed E-state index contributed by atoms with van der Waals surface area (Å²) in [5, 5.41) is 3.78. The normalized spacial score (nSPS) is 29.8. The summed E-state index contributed by atoms with van der Waals surface area (Å²) in [6.07, 6.45) is 12.6. The van der Waals surface area contributed by atoms with E-state index in [-0.39, 0.29) is 0 Å². The predicted octanol–water partition coefficient (Wildman–Crippen LogP) is 5.41. The number of hydrogen-bond acceptors (Lipinski definition) is 1. The maximum absolute atomic E-state index is 3.78. The maximum atomic E-state index is 3.78. The van der Waals surface area contributed by atoms with Crippen LogP contribution >= 0.6 is 0 Å². The van der Waals surface area contributed by atoms with Crippen molar-refractivity contribution in [3.05, 3.63) is 29.8 Å². The van der Waals surface area contributed by atoms with Crippen LogP contribution in [-0.4, -0.2) is 6.04 Å². The molecule has 2 saturated carbocycles. The van der Waals surface area contributed by atoms with Crippen LogP contribution in [0.3, 0.4) is 0 Å². The van der Waals surface area contributed by atoms with E-state index < -0.39 is 0 Å². The van der Waals surface area contributed by atoms with Gasteiger partial charge < -0.3 is 5.32 Å². The molecule has 1 nitrogen and oxygen atoms in total. The minimum absolute atomic E-state index is 0.714. The summed E-state index contributed by atoms with van der Waals surface area (Å²) in [5.41, 5.74) is 2.79. The van der Waals surface area contributed by atoms with Crippen LogP contribution in [0.4, 0.5) is 5.69 Å². The Balaban J connectivity index is 1.55. The lowest BCUT2D eigenvalue weighted by Gasteiger charge is -2.39. The van der Waals surface area contributed by atoms with Crippen LogP contribution in [0.5, 0.6) is 0 Å². The van der Waals surface area contributed by atoms with Crippen LogP contribution in [0.2, 0.25) is 0 Å². The quantitative estimate of drug-likeness (QED) is 0.772. The molecule has 2 aliphatic carbocycles. The second-order valence-electron chi connectivity index (χ2n) is 6.91. The molecule has 0 spiro atoms. The molecule has 0 saturated heterocycles. The van der Waals surface area contributed by atoms with Crippen LogP contribution in [-0.2, 0) is 6.42 Å². The Hall–Kier alpha value is -0.980. The van der Waals surface area contributed by atoms with E-state index in [2.05, 4.69) is 36.5 Å². The molecule has 2 fully saturated rings. The Morgan fingerprint density at radius 3 is 2.45 bits per heavy atom.